The van der Waals surface area contributed by atoms with E-state index in [1.807, 2.05) is 0 Å². The minimum absolute atomic E-state index is 0. The second-order valence-electron chi connectivity index (χ2n) is 5.59. The third kappa shape index (κ3) is 3.91. The number of aromatic nitrogens is 4. The second-order valence-corrected chi connectivity index (χ2v) is 6.83. The number of nitrogens with one attached hydrogen (secondary N) is 1. The van der Waals surface area contributed by atoms with Gasteiger partial charge in [-0.2, -0.15) is 0 Å². The first kappa shape index (κ1) is 21.2. The number of aliphatic hydroxyl groups excluding tert-OH is 2. The molecule has 146 valence electrons. The van der Waals surface area contributed by atoms with Crippen LogP contribution in [0, 0.1) is 0 Å². The largest absolute Gasteiger partial charge is 1.00 e. The lowest BCUT2D eigenvalue weighted by atomic mass is 10.1. The fraction of sp³-hybridized carbons (Fsp3) is 0.545. The molecule has 0 spiro atoms. The molecule has 1 fully saturated rings. The number of phosphoric ester groups is 1. The second kappa shape index (κ2) is 7.47. The molecule has 15 heteroatoms. The summed E-state index contributed by atoms with van der Waals surface area (Å²) in [4.78, 5) is 35.8. The SMILES string of the molecule is Cn1c[n+]([C@@H]2O[C@H](COP(=O)(O)O)[C@@H](O)[C@H]2O)c2nc(N)[nH]c(=O)c21.[I-]. The highest BCUT2D eigenvalue weighted by atomic mass is 127. The molecule has 26 heavy (non-hydrogen) atoms. The summed E-state index contributed by atoms with van der Waals surface area (Å²) >= 11 is 0. The number of nitrogen functional groups attached to an aromatic ring is 1. The molecule has 2 aromatic heterocycles. The van der Waals surface area contributed by atoms with Gasteiger partial charge < -0.3 is 54.4 Å². The predicted molar refractivity (Wildman–Crippen MR) is 79.9 cm³/mol. The van der Waals surface area contributed by atoms with Crippen LogP contribution in [0.5, 0.6) is 0 Å². The van der Waals surface area contributed by atoms with Crippen LogP contribution in [0.25, 0.3) is 11.2 Å². The molecule has 0 aromatic carbocycles. The Bertz CT molecular complexity index is 912. The van der Waals surface area contributed by atoms with E-state index in [4.69, 9.17) is 20.3 Å². The normalized spacial score (nSPS) is 26.2. The molecule has 0 unspecified atom stereocenters. The van der Waals surface area contributed by atoms with Crippen molar-refractivity contribution in [3.05, 3.63) is 16.7 Å². The average molecular weight is 505 g/mol. The summed E-state index contributed by atoms with van der Waals surface area (Å²) in [6.07, 6.45) is -3.88. The number of H-pyrrole nitrogens is 1. The molecule has 0 saturated carbocycles. The Labute approximate surface area is 162 Å². The Morgan fingerprint density at radius 1 is 1.46 bits per heavy atom. The maximum absolute atomic E-state index is 12.0. The number of aromatic amines is 1. The zero-order valence-corrected chi connectivity index (χ0v) is 16.3. The topological polar surface area (TPSA) is 197 Å². The highest BCUT2D eigenvalue weighted by Gasteiger charge is 2.47. The molecule has 0 aliphatic carbocycles. The lowest BCUT2D eigenvalue weighted by Gasteiger charge is -2.14. The molecule has 2 aromatic rings. The maximum Gasteiger partial charge on any atom is 0.469 e. The average Bonchev–Trinajstić information content (AvgIpc) is 2.95. The summed E-state index contributed by atoms with van der Waals surface area (Å²) in [5, 5.41) is 20.3. The number of hydrogen-bond donors (Lipinski definition) is 6. The van der Waals surface area contributed by atoms with Crippen LogP contribution in [0.2, 0.25) is 0 Å². The lowest BCUT2D eigenvalue weighted by Crippen LogP contribution is -3.00. The number of phosphoric acid groups is 1. The molecule has 3 rings (SSSR count). The molecular weight excluding hydrogens is 488 g/mol. The fourth-order valence-electron chi connectivity index (χ4n) is 2.72. The highest BCUT2D eigenvalue weighted by molar-refractivity contribution is 7.46. The number of rotatable bonds is 4. The van der Waals surface area contributed by atoms with Gasteiger partial charge in [0.25, 0.3) is 11.5 Å². The van der Waals surface area contributed by atoms with E-state index in [-0.39, 0.29) is 41.1 Å². The van der Waals surface area contributed by atoms with E-state index >= 15 is 0 Å². The van der Waals surface area contributed by atoms with E-state index in [0.717, 1.165) is 0 Å². The van der Waals surface area contributed by atoms with Gasteiger partial charge in [-0.05, 0) is 0 Å². The van der Waals surface area contributed by atoms with Crippen molar-refractivity contribution in [2.24, 2.45) is 7.05 Å². The molecule has 1 aliphatic rings. The molecule has 4 atom stereocenters. The van der Waals surface area contributed by atoms with Gasteiger partial charge in [0.2, 0.25) is 11.7 Å². The monoisotopic (exact) mass is 505 g/mol. The summed E-state index contributed by atoms with van der Waals surface area (Å²) in [5.41, 5.74) is 5.31. The van der Waals surface area contributed by atoms with Gasteiger partial charge >= 0.3 is 13.5 Å². The summed E-state index contributed by atoms with van der Waals surface area (Å²) in [6, 6.07) is 0. The lowest BCUT2D eigenvalue weighted by molar-refractivity contribution is -0.745. The predicted octanol–water partition coefficient (Wildman–Crippen LogP) is -6.14. The zero-order valence-electron chi connectivity index (χ0n) is 13.3. The summed E-state index contributed by atoms with van der Waals surface area (Å²) in [6.45, 7) is -0.638. The number of halogens is 1. The molecule has 0 amide bonds. The minimum Gasteiger partial charge on any atom is -1.00 e. The molecule has 1 aliphatic heterocycles. The first-order valence-corrected chi connectivity index (χ1v) is 8.59. The van der Waals surface area contributed by atoms with Gasteiger partial charge in [0.15, 0.2) is 6.33 Å². The van der Waals surface area contributed by atoms with Crippen LogP contribution in [-0.4, -0.2) is 59.5 Å². The van der Waals surface area contributed by atoms with Gasteiger partial charge in [-0.15, -0.1) is 0 Å². The maximum atomic E-state index is 12.0. The summed E-state index contributed by atoms with van der Waals surface area (Å²) < 4.78 is 23.3. The van der Waals surface area contributed by atoms with Crippen LogP contribution in [0.4, 0.5) is 5.95 Å². The number of imidazole rings is 1. The van der Waals surface area contributed by atoms with Crippen LogP contribution >= 0.6 is 7.82 Å². The van der Waals surface area contributed by atoms with E-state index in [0.29, 0.717) is 0 Å². The van der Waals surface area contributed by atoms with Crippen molar-refractivity contribution in [2.45, 2.75) is 24.5 Å². The van der Waals surface area contributed by atoms with E-state index in [2.05, 4.69) is 14.5 Å². The van der Waals surface area contributed by atoms with Gasteiger partial charge in [-0.25, -0.2) is 9.13 Å². The molecule has 1 saturated heterocycles. The van der Waals surface area contributed by atoms with Crippen LogP contribution in [-0.2, 0) is 20.9 Å². The van der Waals surface area contributed by atoms with Crippen LogP contribution < -0.4 is 39.8 Å². The van der Waals surface area contributed by atoms with Crippen molar-refractivity contribution in [1.82, 2.24) is 14.5 Å². The molecule has 13 nitrogen and oxygen atoms in total. The molecule has 0 bridgehead atoms. The van der Waals surface area contributed by atoms with Crippen molar-refractivity contribution in [3.8, 4) is 0 Å². The van der Waals surface area contributed by atoms with Crippen LogP contribution in [0.1, 0.15) is 6.23 Å². The standard InChI is InChI=1S/C11H16N5O8P.HI/c1-15-3-16(8-5(15)9(19)14-11(12)13-8)10-7(18)6(17)4(24-10)2-23-25(20,21)22;/h3-4,6-7,10,17-18H,2H2,1H3,(H4-,12,13,14,19,20,21,22);1H/t4-,6-,7-,10-;/m1./s1. The van der Waals surface area contributed by atoms with E-state index < -0.39 is 44.5 Å². The Balaban J connectivity index is 0.00000243. The summed E-state index contributed by atoms with van der Waals surface area (Å²) in [5.74, 6) is -0.146. The molecule has 7 N–H and O–H groups in total. The Morgan fingerprint density at radius 2 is 2.12 bits per heavy atom. The van der Waals surface area contributed by atoms with Crippen molar-refractivity contribution in [1.29, 1.82) is 0 Å². The zero-order chi connectivity index (χ0) is 18.5. The van der Waals surface area contributed by atoms with Gasteiger partial charge in [-0.3, -0.25) is 18.9 Å². The van der Waals surface area contributed by atoms with Gasteiger partial charge in [-0.1, -0.05) is 4.98 Å². The van der Waals surface area contributed by atoms with Crippen molar-refractivity contribution in [3.63, 3.8) is 0 Å². The van der Waals surface area contributed by atoms with E-state index in [1.54, 1.807) is 7.05 Å². The van der Waals surface area contributed by atoms with Crippen molar-refractivity contribution < 1.29 is 62.4 Å². The number of aryl methyl sites for hydroxylation is 1. The molecule has 3 heterocycles. The molecule has 0 radical (unpaired) electrons. The third-order valence-corrected chi connectivity index (χ3v) is 4.29. The van der Waals surface area contributed by atoms with E-state index in [1.165, 1.54) is 15.5 Å². The number of fused-ring (bicyclic) bond motifs is 1. The third-order valence-electron chi connectivity index (χ3n) is 3.81. The minimum atomic E-state index is -4.76. The molecular formula is C11H17IN5O8P. The van der Waals surface area contributed by atoms with E-state index in [9.17, 15) is 19.6 Å². The first-order chi connectivity index (χ1) is 11.6. The Morgan fingerprint density at radius 3 is 2.73 bits per heavy atom. The Kier molecular flexibility index (Phi) is 6.09. The van der Waals surface area contributed by atoms with Crippen LogP contribution in [0.3, 0.4) is 0 Å². The number of nitrogens with two attached hydrogens (primary N) is 1. The van der Waals surface area contributed by atoms with Gasteiger partial charge in [0.05, 0.1) is 13.7 Å². The number of nitrogens with zero attached hydrogens (tertiary/aromatic N) is 3. The number of anilines is 1. The number of hydrogen-bond acceptors (Lipinski definition) is 8. The van der Waals surface area contributed by atoms with Crippen LogP contribution in [0.15, 0.2) is 11.1 Å². The number of ether oxygens (including phenoxy) is 1. The highest BCUT2D eigenvalue weighted by Crippen LogP contribution is 2.37. The van der Waals surface area contributed by atoms with Gasteiger partial charge in [0, 0.05) is 0 Å². The van der Waals surface area contributed by atoms with Gasteiger partial charge in [0.1, 0.15) is 18.3 Å². The summed E-state index contributed by atoms with van der Waals surface area (Å²) in [7, 11) is -3.19. The van der Waals surface area contributed by atoms with Crippen molar-refractivity contribution in [2.75, 3.05) is 12.3 Å². The van der Waals surface area contributed by atoms with Crippen molar-refractivity contribution >= 4 is 24.9 Å². The Hall–Kier alpha value is -1.13. The fourth-order valence-corrected chi connectivity index (χ4v) is 3.06. The quantitative estimate of drug-likeness (QED) is 0.132. The smallest absolute Gasteiger partial charge is 0.469 e. The first-order valence-electron chi connectivity index (χ1n) is 7.06. The number of aliphatic hydroxyl groups is 2.